The molecule has 0 aromatic carbocycles. The molecule has 0 spiro atoms. The molecule has 1 aliphatic rings. The van der Waals surface area contributed by atoms with Crippen LogP contribution in [-0.2, 0) is 0 Å². The number of rotatable bonds is 2. The van der Waals surface area contributed by atoms with E-state index >= 15 is 0 Å². The Hall–Kier alpha value is 0.380. The van der Waals surface area contributed by atoms with Crippen molar-refractivity contribution < 1.29 is 5.11 Å². The number of nitrogens with one attached hydrogen (secondary N) is 3. The lowest BCUT2D eigenvalue weighted by atomic mass is 10.3. The zero-order valence-corrected chi connectivity index (χ0v) is 12.8. The molecular weight excluding hydrogens is 275 g/mol. The highest BCUT2D eigenvalue weighted by atomic mass is 35.5. The number of β-amino-alcohol motifs (C(OH)–C–C–N with tert-alkyl or cyclic N) is 1. The summed E-state index contributed by atoms with van der Waals surface area (Å²) in [5.41, 5.74) is 0. The summed E-state index contributed by atoms with van der Waals surface area (Å²) in [5.74, 6) is 0. The van der Waals surface area contributed by atoms with Gasteiger partial charge in [-0.3, -0.25) is 4.90 Å². The summed E-state index contributed by atoms with van der Waals surface area (Å²) < 4.78 is 0. The molecule has 1 atom stereocenters. The number of nitrogens with zero attached hydrogens (tertiary/aromatic N) is 1. The van der Waals surface area contributed by atoms with Crippen LogP contribution in [0.15, 0.2) is 0 Å². The molecule has 0 amide bonds. The molecule has 1 unspecified atom stereocenters. The van der Waals surface area contributed by atoms with Gasteiger partial charge in [-0.15, -0.1) is 24.8 Å². The summed E-state index contributed by atoms with van der Waals surface area (Å²) in [4.78, 5) is 2.31. The second kappa shape index (κ2) is 13.8. The third-order valence-electron chi connectivity index (χ3n) is 2.69. The number of aliphatic hydroxyl groups is 1. The molecule has 0 saturated carbocycles. The first-order valence-electron chi connectivity index (χ1n) is 6.31. The van der Waals surface area contributed by atoms with Crippen LogP contribution in [0.5, 0.6) is 0 Å². The number of hydrogen-bond donors (Lipinski definition) is 4. The van der Waals surface area contributed by atoms with Gasteiger partial charge in [-0.25, -0.2) is 0 Å². The zero-order valence-electron chi connectivity index (χ0n) is 11.2. The Morgan fingerprint density at radius 3 is 1.67 bits per heavy atom. The summed E-state index contributed by atoms with van der Waals surface area (Å²) in [7, 11) is 0. The number of halogens is 2. The fraction of sp³-hybridized carbons (Fsp3) is 1.00. The van der Waals surface area contributed by atoms with Crippen LogP contribution in [0, 0.1) is 0 Å². The predicted molar refractivity (Wildman–Crippen MR) is 81.2 cm³/mol. The van der Waals surface area contributed by atoms with E-state index in [2.05, 4.69) is 20.9 Å². The fourth-order valence-electron chi connectivity index (χ4n) is 1.87. The molecule has 1 rings (SSSR count). The topological polar surface area (TPSA) is 59.6 Å². The third kappa shape index (κ3) is 11.5. The van der Waals surface area contributed by atoms with Gasteiger partial charge in [-0.1, -0.05) is 0 Å². The standard InChI is InChI=1S/C11H26N4O.2ClH/c1-11(16)10-15-8-6-13-4-2-12-3-5-14-7-9-15;;/h11-14,16H,2-10H2,1H3;2*1H. The van der Waals surface area contributed by atoms with Gasteiger partial charge in [0.1, 0.15) is 0 Å². The first-order valence-corrected chi connectivity index (χ1v) is 6.31. The molecule has 5 nitrogen and oxygen atoms in total. The Kier molecular flexibility index (Phi) is 15.9. The molecule has 1 aliphatic heterocycles. The molecule has 112 valence electrons. The van der Waals surface area contributed by atoms with Gasteiger partial charge in [0.15, 0.2) is 0 Å². The first-order chi connectivity index (χ1) is 7.79. The highest BCUT2D eigenvalue weighted by molar-refractivity contribution is 5.85. The average Bonchev–Trinajstić information content (AvgIpc) is 2.21. The van der Waals surface area contributed by atoms with Crippen LogP contribution in [0.2, 0.25) is 0 Å². The first kappa shape index (κ1) is 20.7. The Morgan fingerprint density at radius 1 is 0.889 bits per heavy atom. The van der Waals surface area contributed by atoms with E-state index in [1.54, 1.807) is 0 Å². The molecule has 0 bridgehead atoms. The van der Waals surface area contributed by atoms with Crippen molar-refractivity contribution >= 4 is 24.8 Å². The molecule has 1 heterocycles. The van der Waals surface area contributed by atoms with Crippen LogP contribution in [0.4, 0.5) is 0 Å². The van der Waals surface area contributed by atoms with Crippen LogP contribution in [0.3, 0.4) is 0 Å². The van der Waals surface area contributed by atoms with Gasteiger partial charge in [-0.2, -0.15) is 0 Å². The molecule has 1 fully saturated rings. The van der Waals surface area contributed by atoms with Crippen LogP contribution < -0.4 is 16.0 Å². The summed E-state index contributed by atoms with van der Waals surface area (Å²) in [6, 6.07) is 0. The highest BCUT2D eigenvalue weighted by Gasteiger charge is 2.07. The van der Waals surface area contributed by atoms with Crippen LogP contribution in [0.1, 0.15) is 6.92 Å². The van der Waals surface area contributed by atoms with Crippen molar-refractivity contribution in [1.82, 2.24) is 20.9 Å². The summed E-state index contributed by atoms with van der Waals surface area (Å²) >= 11 is 0. The van der Waals surface area contributed by atoms with Crippen molar-refractivity contribution in [3.05, 3.63) is 0 Å². The van der Waals surface area contributed by atoms with Gasteiger partial charge in [-0.05, 0) is 6.92 Å². The number of aliphatic hydroxyl groups excluding tert-OH is 1. The van der Waals surface area contributed by atoms with E-state index in [1.165, 1.54) is 0 Å². The molecule has 4 N–H and O–H groups in total. The van der Waals surface area contributed by atoms with Crippen molar-refractivity contribution in [2.24, 2.45) is 0 Å². The molecule has 0 aliphatic carbocycles. The number of hydrogen-bond acceptors (Lipinski definition) is 5. The summed E-state index contributed by atoms with van der Waals surface area (Å²) in [5, 5.41) is 19.6. The Balaban J connectivity index is 0. The van der Waals surface area contributed by atoms with Crippen molar-refractivity contribution in [3.63, 3.8) is 0 Å². The smallest absolute Gasteiger partial charge is 0.0639 e. The van der Waals surface area contributed by atoms with E-state index in [0.717, 1.165) is 58.9 Å². The van der Waals surface area contributed by atoms with Gasteiger partial charge >= 0.3 is 0 Å². The highest BCUT2D eigenvalue weighted by Crippen LogP contribution is 1.91. The Labute approximate surface area is 123 Å². The average molecular weight is 303 g/mol. The van der Waals surface area contributed by atoms with E-state index in [-0.39, 0.29) is 30.9 Å². The fourth-order valence-corrected chi connectivity index (χ4v) is 1.87. The van der Waals surface area contributed by atoms with Crippen molar-refractivity contribution in [2.75, 3.05) is 58.9 Å². The monoisotopic (exact) mass is 302 g/mol. The van der Waals surface area contributed by atoms with E-state index in [4.69, 9.17) is 0 Å². The van der Waals surface area contributed by atoms with Crippen LogP contribution in [-0.4, -0.2) is 75.0 Å². The predicted octanol–water partition coefficient (Wildman–Crippen LogP) is -0.705. The molecule has 0 aromatic heterocycles. The SMILES string of the molecule is CC(O)CN1CCNCCNCCNCC1.Cl.Cl. The van der Waals surface area contributed by atoms with Gasteiger partial charge in [0.2, 0.25) is 0 Å². The summed E-state index contributed by atoms with van der Waals surface area (Å²) in [6.45, 7) is 10.7. The quantitative estimate of drug-likeness (QED) is 0.543. The van der Waals surface area contributed by atoms with Crippen molar-refractivity contribution in [1.29, 1.82) is 0 Å². The third-order valence-corrected chi connectivity index (χ3v) is 2.69. The van der Waals surface area contributed by atoms with Gasteiger partial charge in [0, 0.05) is 58.9 Å². The molecule has 18 heavy (non-hydrogen) atoms. The molecule has 1 saturated heterocycles. The van der Waals surface area contributed by atoms with E-state index in [9.17, 15) is 5.11 Å². The lowest BCUT2D eigenvalue weighted by Crippen LogP contribution is -2.43. The lowest BCUT2D eigenvalue weighted by molar-refractivity contribution is 0.127. The van der Waals surface area contributed by atoms with Crippen molar-refractivity contribution in [3.8, 4) is 0 Å². The van der Waals surface area contributed by atoms with E-state index in [1.807, 2.05) is 6.92 Å². The van der Waals surface area contributed by atoms with Crippen LogP contribution >= 0.6 is 24.8 Å². The maximum atomic E-state index is 9.40. The Bertz CT molecular complexity index is 163. The lowest BCUT2D eigenvalue weighted by Gasteiger charge is -2.24. The van der Waals surface area contributed by atoms with Gasteiger partial charge < -0.3 is 21.1 Å². The van der Waals surface area contributed by atoms with Crippen LogP contribution in [0.25, 0.3) is 0 Å². The molecule has 0 aromatic rings. The van der Waals surface area contributed by atoms with E-state index < -0.39 is 0 Å². The largest absolute Gasteiger partial charge is 0.392 e. The molecule has 0 radical (unpaired) electrons. The maximum absolute atomic E-state index is 9.40. The minimum Gasteiger partial charge on any atom is -0.392 e. The second-order valence-electron chi connectivity index (χ2n) is 4.40. The normalized spacial score (nSPS) is 21.7. The van der Waals surface area contributed by atoms with Gasteiger partial charge in [0.05, 0.1) is 6.10 Å². The van der Waals surface area contributed by atoms with E-state index in [0.29, 0.717) is 0 Å². The summed E-state index contributed by atoms with van der Waals surface area (Å²) in [6.07, 6.45) is -0.241. The second-order valence-corrected chi connectivity index (χ2v) is 4.40. The molecular formula is C11H28Cl2N4O. The zero-order chi connectivity index (χ0) is 11.6. The minimum atomic E-state index is -0.241. The minimum absolute atomic E-state index is 0. The van der Waals surface area contributed by atoms with Crippen molar-refractivity contribution in [2.45, 2.75) is 13.0 Å². The Morgan fingerprint density at radius 2 is 1.28 bits per heavy atom. The maximum Gasteiger partial charge on any atom is 0.0639 e. The molecule has 7 heteroatoms. The van der Waals surface area contributed by atoms with Gasteiger partial charge in [0.25, 0.3) is 0 Å².